The SMILES string of the molecule is O=C(OCC1CC=CCC1)c1ccc(-n2cccn2)cc1. The largest absolute Gasteiger partial charge is 0.462 e. The van der Waals surface area contributed by atoms with E-state index in [2.05, 4.69) is 17.3 Å². The fraction of sp³-hybridized carbons (Fsp3) is 0.294. The van der Waals surface area contributed by atoms with Gasteiger partial charge in [-0.05, 0) is 55.5 Å². The van der Waals surface area contributed by atoms with Gasteiger partial charge in [0, 0.05) is 12.4 Å². The maximum atomic E-state index is 12.0. The second-order valence-electron chi connectivity index (χ2n) is 5.25. The number of ether oxygens (including phenoxy) is 1. The molecule has 2 aromatic rings. The first-order valence-corrected chi connectivity index (χ1v) is 7.25. The fourth-order valence-corrected chi connectivity index (χ4v) is 2.46. The van der Waals surface area contributed by atoms with Gasteiger partial charge in [-0.25, -0.2) is 9.48 Å². The minimum Gasteiger partial charge on any atom is -0.462 e. The van der Waals surface area contributed by atoms with E-state index in [0.717, 1.165) is 24.9 Å². The molecule has 21 heavy (non-hydrogen) atoms. The minimum atomic E-state index is -0.253. The van der Waals surface area contributed by atoms with Gasteiger partial charge >= 0.3 is 5.97 Å². The fourth-order valence-electron chi connectivity index (χ4n) is 2.46. The number of allylic oxidation sites excluding steroid dienone is 2. The highest BCUT2D eigenvalue weighted by Crippen LogP contribution is 2.19. The summed E-state index contributed by atoms with van der Waals surface area (Å²) in [5, 5.41) is 4.15. The quantitative estimate of drug-likeness (QED) is 0.638. The Kier molecular flexibility index (Phi) is 4.15. The third kappa shape index (κ3) is 3.40. The maximum Gasteiger partial charge on any atom is 0.338 e. The summed E-state index contributed by atoms with van der Waals surface area (Å²) in [6.07, 6.45) is 11.1. The molecule has 0 saturated carbocycles. The lowest BCUT2D eigenvalue weighted by Gasteiger charge is -2.17. The van der Waals surface area contributed by atoms with Crippen molar-refractivity contribution < 1.29 is 9.53 Å². The van der Waals surface area contributed by atoms with Gasteiger partial charge in [-0.3, -0.25) is 0 Å². The summed E-state index contributed by atoms with van der Waals surface area (Å²) in [6, 6.07) is 9.15. The highest BCUT2D eigenvalue weighted by molar-refractivity contribution is 5.89. The Bertz CT molecular complexity index is 615. The van der Waals surface area contributed by atoms with Crippen molar-refractivity contribution in [2.45, 2.75) is 19.3 Å². The molecule has 1 unspecified atom stereocenters. The first-order chi connectivity index (χ1) is 10.3. The zero-order chi connectivity index (χ0) is 14.5. The summed E-state index contributed by atoms with van der Waals surface area (Å²) in [5.74, 6) is 0.207. The van der Waals surface area contributed by atoms with Gasteiger partial charge < -0.3 is 4.74 Å². The van der Waals surface area contributed by atoms with Gasteiger partial charge in [0.05, 0.1) is 17.9 Å². The first-order valence-electron chi connectivity index (χ1n) is 7.25. The number of aromatic nitrogens is 2. The van der Waals surface area contributed by atoms with Gasteiger partial charge in [-0.2, -0.15) is 5.10 Å². The van der Waals surface area contributed by atoms with Crippen molar-refractivity contribution in [1.82, 2.24) is 9.78 Å². The molecular weight excluding hydrogens is 264 g/mol. The number of nitrogens with zero attached hydrogens (tertiary/aromatic N) is 2. The minimum absolute atomic E-state index is 0.253. The van der Waals surface area contributed by atoms with Gasteiger partial charge in [0.15, 0.2) is 0 Å². The van der Waals surface area contributed by atoms with Crippen LogP contribution in [-0.2, 0) is 4.74 Å². The van der Waals surface area contributed by atoms with Crippen molar-refractivity contribution in [3.05, 3.63) is 60.4 Å². The molecule has 1 aliphatic carbocycles. The zero-order valence-corrected chi connectivity index (χ0v) is 11.8. The van der Waals surface area contributed by atoms with Crippen LogP contribution in [0, 0.1) is 5.92 Å². The molecule has 0 amide bonds. The molecular formula is C17H18N2O2. The highest BCUT2D eigenvalue weighted by atomic mass is 16.5. The molecule has 0 N–H and O–H groups in total. The van der Waals surface area contributed by atoms with Crippen LogP contribution in [-0.4, -0.2) is 22.4 Å². The molecule has 1 aromatic heterocycles. The Hall–Kier alpha value is -2.36. The summed E-state index contributed by atoms with van der Waals surface area (Å²) in [7, 11) is 0. The number of benzene rings is 1. The monoisotopic (exact) mass is 282 g/mol. The summed E-state index contributed by atoms with van der Waals surface area (Å²) in [6.45, 7) is 0.504. The van der Waals surface area contributed by atoms with Crippen molar-refractivity contribution in [1.29, 1.82) is 0 Å². The van der Waals surface area contributed by atoms with Crippen molar-refractivity contribution in [3.8, 4) is 5.69 Å². The normalized spacial score (nSPS) is 17.6. The molecule has 4 nitrogen and oxygen atoms in total. The number of carbonyl (C=O) groups is 1. The predicted octanol–water partition coefficient (Wildman–Crippen LogP) is 3.39. The molecule has 0 saturated heterocycles. The van der Waals surface area contributed by atoms with Crippen LogP contribution in [0.15, 0.2) is 54.9 Å². The van der Waals surface area contributed by atoms with Gasteiger partial charge in [0.2, 0.25) is 0 Å². The van der Waals surface area contributed by atoms with Crippen LogP contribution in [0.3, 0.4) is 0 Å². The number of esters is 1. The second kappa shape index (κ2) is 6.39. The van der Waals surface area contributed by atoms with Gasteiger partial charge in [0.25, 0.3) is 0 Å². The Morgan fingerprint density at radius 3 is 2.81 bits per heavy atom. The van der Waals surface area contributed by atoms with Crippen LogP contribution in [0.1, 0.15) is 29.6 Å². The van der Waals surface area contributed by atoms with E-state index in [9.17, 15) is 4.79 Å². The summed E-state index contributed by atoms with van der Waals surface area (Å²) >= 11 is 0. The van der Waals surface area contributed by atoms with E-state index in [1.54, 1.807) is 23.0 Å². The number of hydrogen-bond donors (Lipinski definition) is 0. The van der Waals surface area contributed by atoms with Crippen molar-refractivity contribution in [3.63, 3.8) is 0 Å². The van der Waals surface area contributed by atoms with Crippen LogP contribution < -0.4 is 0 Å². The standard InChI is InChI=1S/C17H18N2O2/c20-17(21-13-14-5-2-1-3-6-14)15-7-9-16(10-8-15)19-12-4-11-18-19/h1-2,4,7-12,14H,3,5-6,13H2. The predicted molar refractivity (Wildman–Crippen MR) is 80.3 cm³/mol. The van der Waals surface area contributed by atoms with Crippen molar-refractivity contribution >= 4 is 5.97 Å². The van der Waals surface area contributed by atoms with E-state index >= 15 is 0 Å². The third-order valence-corrected chi connectivity index (χ3v) is 3.70. The van der Waals surface area contributed by atoms with Crippen LogP contribution in [0.2, 0.25) is 0 Å². The van der Waals surface area contributed by atoms with E-state index in [0.29, 0.717) is 18.1 Å². The topological polar surface area (TPSA) is 44.1 Å². The summed E-state index contributed by atoms with van der Waals surface area (Å²) < 4.78 is 7.16. The lowest BCUT2D eigenvalue weighted by Crippen LogP contribution is -2.15. The summed E-state index contributed by atoms with van der Waals surface area (Å²) in [5.41, 5.74) is 1.51. The van der Waals surface area contributed by atoms with E-state index in [-0.39, 0.29) is 5.97 Å². The summed E-state index contributed by atoms with van der Waals surface area (Å²) in [4.78, 5) is 12.0. The molecule has 0 spiro atoms. The smallest absolute Gasteiger partial charge is 0.338 e. The third-order valence-electron chi connectivity index (χ3n) is 3.70. The Balaban J connectivity index is 1.58. The molecule has 1 aliphatic rings. The molecule has 0 radical (unpaired) electrons. The maximum absolute atomic E-state index is 12.0. The van der Waals surface area contributed by atoms with Crippen molar-refractivity contribution in [2.24, 2.45) is 5.92 Å². The number of carbonyl (C=O) groups excluding carboxylic acids is 1. The van der Waals surface area contributed by atoms with E-state index in [4.69, 9.17) is 4.74 Å². The second-order valence-corrected chi connectivity index (χ2v) is 5.25. The van der Waals surface area contributed by atoms with Crippen LogP contribution in [0.25, 0.3) is 5.69 Å². The molecule has 0 bridgehead atoms. The zero-order valence-electron chi connectivity index (χ0n) is 11.8. The van der Waals surface area contributed by atoms with Crippen LogP contribution in [0.5, 0.6) is 0 Å². The van der Waals surface area contributed by atoms with Gasteiger partial charge in [-0.15, -0.1) is 0 Å². The average Bonchev–Trinajstić information content (AvgIpc) is 3.08. The van der Waals surface area contributed by atoms with E-state index in [1.807, 2.05) is 24.4 Å². The molecule has 0 aliphatic heterocycles. The molecule has 1 atom stereocenters. The van der Waals surface area contributed by atoms with E-state index < -0.39 is 0 Å². The number of hydrogen-bond acceptors (Lipinski definition) is 3. The lowest BCUT2D eigenvalue weighted by molar-refractivity contribution is 0.0432. The molecule has 4 heteroatoms. The Labute approximate surface area is 124 Å². The molecule has 108 valence electrons. The first kappa shape index (κ1) is 13.6. The Morgan fingerprint density at radius 1 is 1.29 bits per heavy atom. The molecule has 3 rings (SSSR count). The number of rotatable bonds is 4. The average molecular weight is 282 g/mol. The van der Waals surface area contributed by atoms with Crippen LogP contribution >= 0.6 is 0 Å². The Morgan fingerprint density at radius 2 is 2.14 bits per heavy atom. The molecule has 1 aromatic carbocycles. The highest BCUT2D eigenvalue weighted by Gasteiger charge is 2.14. The molecule has 1 heterocycles. The molecule has 0 fully saturated rings. The van der Waals surface area contributed by atoms with Gasteiger partial charge in [-0.1, -0.05) is 12.2 Å². The van der Waals surface area contributed by atoms with E-state index in [1.165, 1.54) is 0 Å². The van der Waals surface area contributed by atoms with Crippen LogP contribution in [0.4, 0.5) is 0 Å². The van der Waals surface area contributed by atoms with Crippen molar-refractivity contribution in [2.75, 3.05) is 6.61 Å². The lowest BCUT2D eigenvalue weighted by atomic mass is 9.95. The van der Waals surface area contributed by atoms with Gasteiger partial charge in [0.1, 0.15) is 0 Å².